The quantitative estimate of drug-likeness (QED) is 0.940. The number of aryl methyl sites for hydroxylation is 1. The summed E-state index contributed by atoms with van der Waals surface area (Å²) in [5, 5.41) is 3.41. The Balaban J connectivity index is 1.89. The lowest BCUT2D eigenvalue weighted by Crippen LogP contribution is -2.58. The number of nitrogens with one attached hydrogen (secondary N) is 1. The lowest BCUT2D eigenvalue weighted by molar-refractivity contribution is 0.272. The van der Waals surface area contributed by atoms with Crippen molar-refractivity contribution in [1.82, 2.24) is 10.3 Å². The van der Waals surface area contributed by atoms with Crippen molar-refractivity contribution >= 4 is 15.9 Å². The van der Waals surface area contributed by atoms with E-state index in [0.29, 0.717) is 0 Å². The summed E-state index contributed by atoms with van der Waals surface area (Å²) in [7, 11) is 0. The summed E-state index contributed by atoms with van der Waals surface area (Å²) in [5.74, 6) is 0. The summed E-state index contributed by atoms with van der Waals surface area (Å²) in [6.45, 7) is 4.23. The van der Waals surface area contributed by atoms with E-state index in [4.69, 9.17) is 0 Å². The van der Waals surface area contributed by atoms with Crippen LogP contribution in [0.15, 0.2) is 47.1 Å². The van der Waals surface area contributed by atoms with E-state index in [1.807, 2.05) is 6.20 Å². The van der Waals surface area contributed by atoms with Crippen molar-refractivity contribution in [1.29, 1.82) is 0 Å². The maximum Gasteiger partial charge on any atom is 0.0414 e. The molecule has 98 valence electrons. The minimum absolute atomic E-state index is 0.215. The van der Waals surface area contributed by atoms with Gasteiger partial charge in [0, 0.05) is 41.3 Å². The highest BCUT2D eigenvalue weighted by Gasteiger charge is 2.39. The molecule has 2 nitrogen and oxygen atoms in total. The van der Waals surface area contributed by atoms with Crippen LogP contribution in [0.5, 0.6) is 0 Å². The third-order valence-electron chi connectivity index (χ3n) is 3.87. The molecule has 3 rings (SSSR count). The zero-order valence-electron chi connectivity index (χ0n) is 11.0. The molecule has 1 fully saturated rings. The summed E-state index contributed by atoms with van der Waals surface area (Å²) >= 11 is 3.44. The highest BCUT2D eigenvalue weighted by atomic mass is 79.9. The van der Waals surface area contributed by atoms with Crippen LogP contribution in [-0.4, -0.2) is 18.1 Å². The van der Waals surface area contributed by atoms with Gasteiger partial charge in [-0.2, -0.15) is 0 Å². The molecule has 0 radical (unpaired) electrons. The van der Waals surface area contributed by atoms with Gasteiger partial charge in [0.25, 0.3) is 0 Å². The molecule has 1 aromatic carbocycles. The third kappa shape index (κ3) is 2.58. The maximum atomic E-state index is 4.52. The molecular formula is C16H17BrN2. The molecule has 0 atom stereocenters. The van der Waals surface area contributed by atoms with E-state index < -0.39 is 0 Å². The number of pyridine rings is 1. The number of hydrogen-bond acceptors (Lipinski definition) is 2. The fourth-order valence-electron chi connectivity index (χ4n) is 2.69. The van der Waals surface area contributed by atoms with Crippen LogP contribution in [-0.2, 0) is 11.8 Å². The molecule has 0 saturated carbocycles. The van der Waals surface area contributed by atoms with Crippen molar-refractivity contribution in [3.63, 3.8) is 0 Å². The molecule has 0 aliphatic carbocycles. The Labute approximate surface area is 122 Å². The van der Waals surface area contributed by atoms with E-state index in [-0.39, 0.29) is 5.41 Å². The second-order valence-corrected chi connectivity index (χ2v) is 6.31. The van der Waals surface area contributed by atoms with Crippen molar-refractivity contribution in [2.75, 3.05) is 13.1 Å². The number of benzene rings is 1. The molecule has 0 spiro atoms. The van der Waals surface area contributed by atoms with Crippen LogP contribution >= 0.6 is 15.9 Å². The smallest absolute Gasteiger partial charge is 0.0414 e. The SMILES string of the molecule is Cc1cccc(C2(Cc3ccc(Br)cn3)CNC2)c1. The average Bonchev–Trinajstić information content (AvgIpc) is 2.36. The third-order valence-corrected chi connectivity index (χ3v) is 4.33. The zero-order valence-corrected chi connectivity index (χ0v) is 12.6. The van der Waals surface area contributed by atoms with Crippen molar-refractivity contribution in [3.05, 3.63) is 63.9 Å². The number of aromatic nitrogens is 1. The lowest BCUT2D eigenvalue weighted by Gasteiger charge is -2.43. The number of hydrogen-bond donors (Lipinski definition) is 1. The minimum Gasteiger partial charge on any atom is -0.315 e. The summed E-state index contributed by atoms with van der Waals surface area (Å²) < 4.78 is 1.03. The Kier molecular flexibility index (Phi) is 3.42. The Morgan fingerprint density at radius 3 is 2.68 bits per heavy atom. The molecule has 1 aliphatic rings. The van der Waals surface area contributed by atoms with Gasteiger partial charge in [0.15, 0.2) is 0 Å². The van der Waals surface area contributed by atoms with Gasteiger partial charge in [-0.25, -0.2) is 0 Å². The molecule has 1 saturated heterocycles. The van der Waals surface area contributed by atoms with E-state index in [2.05, 4.69) is 69.6 Å². The normalized spacial score (nSPS) is 16.9. The number of nitrogens with zero attached hydrogens (tertiary/aromatic N) is 1. The van der Waals surface area contributed by atoms with Gasteiger partial charge in [0.2, 0.25) is 0 Å². The summed E-state index contributed by atoms with van der Waals surface area (Å²) in [6, 6.07) is 13.0. The molecule has 1 aromatic heterocycles. The topological polar surface area (TPSA) is 24.9 Å². The van der Waals surface area contributed by atoms with Crippen molar-refractivity contribution in [2.45, 2.75) is 18.8 Å². The Morgan fingerprint density at radius 1 is 1.26 bits per heavy atom. The highest BCUT2D eigenvalue weighted by Crippen LogP contribution is 2.32. The molecule has 1 N–H and O–H groups in total. The molecule has 0 unspecified atom stereocenters. The van der Waals surface area contributed by atoms with Gasteiger partial charge < -0.3 is 5.32 Å². The first-order chi connectivity index (χ1) is 9.18. The van der Waals surface area contributed by atoms with E-state index in [1.54, 1.807) is 0 Å². The second-order valence-electron chi connectivity index (χ2n) is 5.40. The first kappa shape index (κ1) is 12.8. The largest absolute Gasteiger partial charge is 0.315 e. The van der Waals surface area contributed by atoms with Crippen LogP contribution in [0.3, 0.4) is 0 Å². The number of halogens is 1. The maximum absolute atomic E-state index is 4.52. The van der Waals surface area contributed by atoms with E-state index >= 15 is 0 Å². The average molecular weight is 317 g/mol. The van der Waals surface area contributed by atoms with Crippen LogP contribution in [0, 0.1) is 6.92 Å². The van der Waals surface area contributed by atoms with Crippen LogP contribution in [0.2, 0.25) is 0 Å². The first-order valence-corrected chi connectivity index (χ1v) is 7.36. The van der Waals surface area contributed by atoms with Crippen LogP contribution in [0.1, 0.15) is 16.8 Å². The van der Waals surface area contributed by atoms with Gasteiger partial charge in [-0.1, -0.05) is 29.8 Å². The lowest BCUT2D eigenvalue weighted by atomic mass is 9.71. The Bertz CT molecular complexity index is 574. The number of rotatable bonds is 3. The molecular weight excluding hydrogens is 300 g/mol. The minimum atomic E-state index is 0.215. The summed E-state index contributed by atoms with van der Waals surface area (Å²) in [4.78, 5) is 4.52. The standard InChI is InChI=1S/C16H17BrN2/c1-12-3-2-4-13(7-12)16(10-18-11-16)8-15-6-5-14(17)9-19-15/h2-7,9,18H,8,10-11H2,1H3. The van der Waals surface area contributed by atoms with Gasteiger partial charge >= 0.3 is 0 Å². The van der Waals surface area contributed by atoms with E-state index in [9.17, 15) is 0 Å². The Morgan fingerprint density at radius 2 is 2.11 bits per heavy atom. The summed E-state index contributed by atoms with van der Waals surface area (Å²) in [6.07, 6.45) is 2.88. The van der Waals surface area contributed by atoms with Crippen molar-refractivity contribution in [3.8, 4) is 0 Å². The van der Waals surface area contributed by atoms with Crippen LogP contribution in [0.4, 0.5) is 0 Å². The second kappa shape index (κ2) is 5.06. The molecule has 19 heavy (non-hydrogen) atoms. The fourth-order valence-corrected chi connectivity index (χ4v) is 2.93. The monoisotopic (exact) mass is 316 g/mol. The molecule has 2 heterocycles. The first-order valence-electron chi connectivity index (χ1n) is 6.56. The molecule has 1 aliphatic heterocycles. The van der Waals surface area contributed by atoms with Gasteiger partial charge in [-0.05, 0) is 40.5 Å². The van der Waals surface area contributed by atoms with Gasteiger partial charge in [0.05, 0.1) is 0 Å². The van der Waals surface area contributed by atoms with Gasteiger partial charge in [-0.3, -0.25) is 4.98 Å². The predicted octanol–water partition coefficient (Wildman–Crippen LogP) is 3.24. The van der Waals surface area contributed by atoms with Crippen molar-refractivity contribution < 1.29 is 0 Å². The van der Waals surface area contributed by atoms with Crippen molar-refractivity contribution in [2.24, 2.45) is 0 Å². The van der Waals surface area contributed by atoms with Crippen LogP contribution in [0.25, 0.3) is 0 Å². The predicted molar refractivity (Wildman–Crippen MR) is 81.4 cm³/mol. The van der Waals surface area contributed by atoms with E-state index in [1.165, 1.54) is 11.1 Å². The molecule has 2 aromatic rings. The molecule has 3 heteroatoms. The van der Waals surface area contributed by atoms with Gasteiger partial charge in [0.1, 0.15) is 0 Å². The summed E-state index contributed by atoms with van der Waals surface area (Å²) in [5.41, 5.74) is 4.13. The highest BCUT2D eigenvalue weighted by molar-refractivity contribution is 9.10. The van der Waals surface area contributed by atoms with E-state index in [0.717, 1.165) is 29.7 Å². The van der Waals surface area contributed by atoms with Crippen LogP contribution < -0.4 is 5.32 Å². The zero-order chi connectivity index (χ0) is 13.3. The molecule has 0 amide bonds. The Hall–Kier alpha value is -1.19. The fraction of sp³-hybridized carbons (Fsp3) is 0.312. The molecule has 0 bridgehead atoms. The van der Waals surface area contributed by atoms with Gasteiger partial charge in [-0.15, -0.1) is 0 Å².